The van der Waals surface area contributed by atoms with E-state index in [9.17, 15) is 24.0 Å². The monoisotopic (exact) mass is 671 g/mol. The second kappa shape index (κ2) is 18.5. The van der Waals surface area contributed by atoms with Gasteiger partial charge in [0.25, 0.3) is 5.91 Å². The van der Waals surface area contributed by atoms with Crippen LogP contribution in [0.3, 0.4) is 0 Å². The fraction of sp³-hybridized carbons (Fsp3) is 0.459. The largest absolute Gasteiger partial charge is 0.354 e. The van der Waals surface area contributed by atoms with E-state index in [1.165, 1.54) is 0 Å². The minimum Gasteiger partial charge on any atom is -0.354 e. The van der Waals surface area contributed by atoms with Crippen molar-refractivity contribution in [1.29, 1.82) is 0 Å². The number of nitrogens with zero attached hydrogens (tertiary/aromatic N) is 2. The van der Waals surface area contributed by atoms with Crippen molar-refractivity contribution in [2.24, 2.45) is 5.92 Å². The maximum atomic E-state index is 13.7. The lowest BCUT2D eigenvalue weighted by molar-refractivity contribution is -0.132. The first kappa shape index (κ1) is 36.8. The van der Waals surface area contributed by atoms with Gasteiger partial charge in [-0.2, -0.15) is 5.10 Å². The molecule has 49 heavy (non-hydrogen) atoms. The topological polar surface area (TPSA) is 165 Å². The molecule has 12 heteroatoms. The van der Waals surface area contributed by atoms with Gasteiger partial charge in [0.15, 0.2) is 0 Å². The molecule has 0 fully saturated rings. The predicted octanol–water partition coefficient (Wildman–Crippen LogP) is 3.05. The van der Waals surface area contributed by atoms with Gasteiger partial charge < -0.3 is 26.2 Å². The third-order valence-electron chi connectivity index (χ3n) is 8.50. The molecule has 5 amide bonds. The van der Waals surface area contributed by atoms with Gasteiger partial charge in [-0.3, -0.25) is 29.1 Å². The van der Waals surface area contributed by atoms with Gasteiger partial charge in [-0.25, -0.2) is 0 Å². The van der Waals surface area contributed by atoms with Gasteiger partial charge >= 0.3 is 0 Å². The summed E-state index contributed by atoms with van der Waals surface area (Å²) < 4.78 is 0. The number of H-pyrrole nitrogens is 1. The van der Waals surface area contributed by atoms with Gasteiger partial charge in [0, 0.05) is 44.2 Å². The molecule has 0 saturated carbocycles. The molecule has 0 aliphatic carbocycles. The number of rotatable bonds is 8. The summed E-state index contributed by atoms with van der Waals surface area (Å²) in [6, 6.07) is 13.6. The quantitative estimate of drug-likeness (QED) is 0.231. The van der Waals surface area contributed by atoms with Crippen molar-refractivity contribution in [3.8, 4) is 0 Å². The van der Waals surface area contributed by atoms with E-state index in [2.05, 4.69) is 31.5 Å². The normalized spacial score (nSPS) is 20.2. The second-order valence-corrected chi connectivity index (χ2v) is 13.1. The molecule has 2 aromatic carbocycles. The summed E-state index contributed by atoms with van der Waals surface area (Å²) in [6.45, 7) is 6.75. The lowest BCUT2D eigenvalue weighted by atomic mass is 10.0. The minimum atomic E-state index is -0.970. The molecule has 5 rings (SSSR count). The molecule has 2 aliphatic heterocycles. The number of carbonyl (C=O) groups excluding carboxylic acids is 5. The molecule has 0 radical (unpaired) electrons. The Balaban J connectivity index is 1.55. The Labute approximate surface area is 288 Å². The second-order valence-electron chi connectivity index (χ2n) is 13.1. The summed E-state index contributed by atoms with van der Waals surface area (Å²) >= 11 is 0. The van der Waals surface area contributed by atoms with Gasteiger partial charge in [-0.1, -0.05) is 56.3 Å². The zero-order valence-corrected chi connectivity index (χ0v) is 28.7. The molecule has 12 nitrogen and oxygen atoms in total. The first-order chi connectivity index (χ1) is 23.6. The Hall–Kier alpha value is -5.00. The van der Waals surface area contributed by atoms with Crippen LogP contribution in [0.5, 0.6) is 0 Å². The Morgan fingerprint density at radius 3 is 2.31 bits per heavy atom. The average molecular weight is 672 g/mol. The molecule has 5 N–H and O–H groups in total. The molecule has 262 valence electrons. The molecular formula is C37H49N7O5. The van der Waals surface area contributed by atoms with Crippen molar-refractivity contribution in [3.63, 3.8) is 0 Å². The number of fused-ring (bicyclic) bond motifs is 18. The standard InChI is InChI=1S/C37H49N7O5/c1-25(2)20-31-36(48)41-26(3)34(46)38-18-7-8-19-44(33(45)13-9-12-29-22-39-40-23-29)24-28-14-16-30(17-15-28)35(47)42-32(37(49)43-31)21-27-10-5-4-6-11-27/h4-6,10-11,14-17,22-23,25-26,31-32H,7-9,12-13,18-21,24H2,1-3H3,(H,38,46)(H,39,40)(H,41,48)(H,42,47)(H,43,49)/t26-,31+,32-/m1/s1. The molecular weight excluding hydrogens is 622 g/mol. The summed E-state index contributed by atoms with van der Waals surface area (Å²) in [7, 11) is 0. The number of aryl methyl sites for hydroxylation is 1. The highest BCUT2D eigenvalue weighted by molar-refractivity contribution is 5.99. The predicted molar refractivity (Wildman–Crippen MR) is 186 cm³/mol. The van der Waals surface area contributed by atoms with Crippen molar-refractivity contribution in [2.75, 3.05) is 13.1 Å². The van der Waals surface area contributed by atoms with E-state index < -0.39 is 35.8 Å². The third-order valence-corrected chi connectivity index (χ3v) is 8.50. The van der Waals surface area contributed by atoms with E-state index in [0.29, 0.717) is 57.3 Å². The molecule has 2 aliphatic rings. The number of amides is 5. The Morgan fingerprint density at radius 2 is 1.61 bits per heavy atom. The molecule has 3 atom stereocenters. The number of aromatic nitrogens is 2. The Morgan fingerprint density at radius 1 is 0.878 bits per heavy atom. The molecule has 0 saturated heterocycles. The number of hydrogen-bond donors (Lipinski definition) is 5. The van der Waals surface area contributed by atoms with Gasteiger partial charge in [0.2, 0.25) is 23.6 Å². The van der Waals surface area contributed by atoms with Crippen LogP contribution in [0, 0.1) is 5.92 Å². The molecule has 3 aromatic rings. The summed E-state index contributed by atoms with van der Waals surface area (Å²) in [5.41, 5.74) is 3.12. The average Bonchev–Trinajstić information content (AvgIpc) is 3.60. The molecule has 2 bridgehead atoms. The highest BCUT2D eigenvalue weighted by Gasteiger charge is 2.29. The van der Waals surface area contributed by atoms with Crippen molar-refractivity contribution in [3.05, 3.63) is 89.2 Å². The van der Waals surface area contributed by atoms with Crippen molar-refractivity contribution in [1.82, 2.24) is 36.4 Å². The zero-order valence-electron chi connectivity index (χ0n) is 28.7. The molecule has 0 spiro atoms. The van der Waals surface area contributed by atoms with Crippen LogP contribution in [0.4, 0.5) is 0 Å². The third kappa shape index (κ3) is 11.9. The summed E-state index contributed by atoms with van der Waals surface area (Å²) in [4.78, 5) is 68.6. The van der Waals surface area contributed by atoms with E-state index in [4.69, 9.17) is 0 Å². The first-order valence-corrected chi connectivity index (χ1v) is 17.2. The fourth-order valence-corrected chi connectivity index (χ4v) is 5.74. The Bertz CT molecular complexity index is 1530. The number of benzene rings is 2. The van der Waals surface area contributed by atoms with E-state index in [1.54, 1.807) is 25.3 Å². The maximum absolute atomic E-state index is 13.7. The molecule has 0 unspecified atom stereocenters. The number of hydrogen-bond acceptors (Lipinski definition) is 6. The number of nitrogens with one attached hydrogen (secondary N) is 5. The van der Waals surface area contributed by atoms with Gasteiger partial charge in [-0.15, -0.1) is 0 Å². The van der Waals surface area contributed by atoms with Crippen LogP contribution in [0.25, 0.3) is 0 Å². The maximum Gasteiger partial charge on any atom is 0.251 e. The van der Waals surface area contributed by atoms with Crippen LogP contribution in [0.2, 0.25) is 0 Å². The lowest BCUT2D eigenvalue weighted by Crippen LogP contribution is -2.57. The Kier molecular flexibility index (Phi) is 13.9. The van der Waals surface area contributed by atoms with Crippen LogP contribution < -0.4 is 21.3 Å². The summed E-state index contributed by atoms with van der Waals surface area (Å²) in [6.07, 6.45) is 7.24. The van der Waals surface area contributed by atoms with Crippen LogP contribution in [-0.2, 0) is 38.6 Å². The highest BCUT2D eigenvalue weighted by Crippen LogP contribution is 2.14. The van der Waals surface area contributed by atoms with E-state index >= 15 is 0 Å². The van der Waals surface area contributed by atoms with Crippen LogP contribution in [0.15, 0.2) is 67.0 Å². The van der Waals surface area contributed by atoms with E-state index in [0.717, 1.165) is 23.1 Å². The van der Waals surface area contributed by atoms with Gasteiger partial charge in [-0.05, 0) is 73.8 Å². The highest BCUT2D eigenvalue weighted by atomic mass is 16.2. The van der Waals surface area contributed by atoms with Crippen LogP contribution in [-0.4, -0.2) is 75.8 Å². The van der Waals surface area contributed by atoms with Crippen molar-refractivity contribution < 1.29 is 24.0 Å². The fourth-order valence-electron chi connectivity index (χ4n) is 5.74. The smallest absolute Gasteiger partial charge is 0.251 e. The van der Waals surface area contributed by atoms with Crippen LogP contribution >= 0.6 is 0 Å². The first-order valence-electron chi connectivity index (χ1n) is 17.2. The summed E-state index contributed by atoms with van der Waals surface area (Å²) in [5.74, 6) is -1.66. The van der Waals surface area contributed by atoms with E-state index in [-0.39, 0.29) is 24.2 Å². The molecule has 1 aromatic heterocycles. The number of aromatic amines is 1. The minimum absolute atomic E-state index is 0.0230. The van der Waals surface area contributed by atoms with Gasteiger partial charge in [0.1, 0.15) is 18.1 Å². The van der Waals surface area contributed by atoms with E-state index in [1.807, 2.05) is 67.4 Å². The van der Waals surface area contributed by atoms with Crippen molar-refractivity contribution in [2.45, 2.75) is 90.4 Å². The SMILES string of the molecule is CC(C)C[C@@H]1NC(=O)[C@@H](Cc2ccccc2)NC(=O)c2ccc(cc2)CN(C(=O)CCCc2cn[nH]c2)CCCCNC(=O)[C@@H](C)NC1=O. The zero-order chi connectivity index (χ0) is 35.2. The lowest BCUT2D eigenvalue weighted by Gasteiger charge is -2.25. The molecule has 3 heterocycles. The summed E-state index contributed by atoms with van der Waals surface area (Å²) in [5, 5.41) is 18.1. The number of carbonyl (C=O) groups is 5. The van der Waals surface area contributed by atoms with Crippen molar-refractivity contribution >= 4 is 29.5 Å². The van der Waals surface area contributed by atoms with Crippen LogP contribution in [0.1, 0.15) is 79.9 Å². The van der Waals surface area contributed by atoms with Gasteiger partial charge in [0.05, 0.1) is 6.20 Å².